The average Bonchev–Trinajstić information content (AvgIpc) is 2.34. The molecule has 0 saturated heterocycles. The van der Waals surface area contributed by atoms with Crippen molar-refractivity contribution in [1.82, 2.24) is 4.90 Å². The van der Waals surface area contributed by atoms with Crippen molar-refractivity contribution >= 4 is 11.6 Å². The molecule has 0 aliphatic carbocycles. The van der Waals surface area contributed by atoms with Crippen LogP contribution in [0, 0.1) is 0 Å². The Hall–Kier alpha value is -1.39. The number of carbonyl (C=O) groups is 1. The third-order valence-corrected chi connectivity index (χ3v) is 2.82. The number of benzene rings is 1. The van der Waals surface area contributed by atoms with E-state index in [-0.39, 0.29) is 5.91 Å². The van der Waals surface area contributed by atoms with Crippen LogP contribution in [0.5, 0.6) is 0 Å². The van der Waals surface area contributed by atoms with Crippen LogP contribution in [0.1, 0.15) is 31.2 Å². The van der Waals surface area contributed by atoms with Gasteiger partial charge in [-0.15, -0.1) is 0 Å². The lowest BCUT2D eigenvalue weighted by Crippen LogP contribution is -2.13. The van der Waals surface area contributed by atoms with Gasteiger partial charge in [0.25, 0.3) is 0 Å². The van der Waals surface area contributed by atoms with E-state index in [1.807, 2.05) is 32.3 Å². The van der Waals surface area contributed by atoms with Crippen molar-refractivity contribution in [3.63, 3.8) is 0 Å². The highest BCUT2D eigenvalue weighted by atomic mass is 16.1. The second-order valence-corrected chi connectivity index (χ2v) is 5.09. The highest BCUT2D eigenvalue weighted by Gasteiger charge is 2.03. The number of amides is 1. The Bertz CT molecular complexity index is 391. The van der Waals surface area contributed by atoms with Gasteiger partial charge in [0.2, 0.25) is 5.91 Å². The summed E-state index contributed by atoms with van der Waals surface area (Å²) >= 11 is 0. The van der Waals surface area contributed by atoms with Gasteiger partial charge in [-0.25, -0.2) is 0 Å². The molecule has 3 N–H and O–H groups in total. The number of unbranched alkanes of at least 4 members (excludes halogenated alkanes) is 2. The number of anilines is 1. The van der Waals surface area contributed by atoms with Gasteiger partial charge in [0.05, 0.1) is 0 Å². The van der Waals surface area contributed by atoms with Gasteiger partial charge in [-0.2, -0.15) is 0 Å². The summed E-state index contributed by atoms with van der Waals surface area (Å²) in [5.41, 5.74) is 7.50. The van der Waals surface area contributed by atoms with Gasteiger partial charge in [0.15, 0.2) is 0 Å². The average molecular weight is 263 g/mol. The molecule has 0 unspecified atom stereocenters. The minimum atomic E-state index is 0.0824. The predicted octanol–water partition coefficient (Wildman–Crippen LogP) is 2.21. The third-order valence-electron chi connectivity index (χ3n) is 2.82. The Labute approximate surface area is 116 Å². The summed E-state index contributed by atoms with van der Waals surface area (Å²) in [6, 6.07) is 7.99. The Morgan fingerprint density at radius 3 is 2.74 bits per heavy atom. The fourth-order valence-electron chi connectivity index (χ4n) is 1.94. The van der Waals surface area contributed by atoms with Crippen LogP contribution >= 0.6 is 0 Å². The van der Waals surface area contributed by atoms with Gasteiger partial charge in [-0.3, -0.25) is 4.79 Å². The van der Waals surface area contributed by atoms with Crippen molar-refractivity contribution in [2.75, 3.05) is 26.0 Å². The number of rotatable bonds is 8. The molecular weight excluding hydrogens is 238 g/mol. The fraction of sp³-hybridized carbons (Fsp3) is 0.533. The molecule has 0 spiro atoms. The Kier molecular flexibility index (Phi) is 7.15. The van der Waals surface area contributed by atoms with E-state index in [1.165, 1.54) is 5.56 Å². The van der Waals surface area contributed by atoms with E-state index in [9.17, 15) is 4.79 Å². The lowest BCUT2D eigenvalue weighted by molar-refractivity contribution is -0.116. The number of hydrogen-bond acceptors (Lipinski definition) is 3. The first-order valence-electron chi connectivity index (χ1n) is 6.85. The fourth-order valence-corrected chi connectivity index (χ4v) is 1.94. The summed E-state index contributed by atoms with van der Waals surface area (Å²) in [6.07, 6.45) is 3.48. The van der Waals surface area contributed by atoms with E-state index in [4.69, 9.17) is 5.73 Å². The molecule has 0 bridgehead atoms. The molecule has 0 aliphatic heterocycles. The summed E-state index contributed by atoms with van der Waals surface area (Å²) in [6.45, 7) is 1.58. The lowest BCUT2D eigenvalue weighted by atomic mass is 10.1. The van der Waals surface area contributed by atoms with Gasteiger partial charge >= 0.3 is 0 Å². The van der Waals surface area contributed by atoms with Crippen molar-refractivity contribution in [3.8, 4) is 0 Å². The van der Waals surface area contributed by atoms with Crippen molar-refractivity contribution in [2.24, 2.45) is 5.73 Å². The summed E-state index contributed by atoms with van der Waals surface area (Å²) in [7, 11) is 4.06. The van der Waals surface area contributed by atoms with E-state index in [1.54, 1.807) is 0 Å². The van der Waals surface area contributed by atoms with E-state index in [0.29, 0.717) is 13.0 Å². The van der Waals surface area contributed by atoms with Crippen LogP contribution in [0.2, 0.25) is 0 Å². The zero-order valence-corrected chi connectivity index (χ0v) is 12.0. The Morgan fingerprint density at radius 1 is 1.26 bits per heavy atom. The first-order valence-corrected chi connectivity index (χ1v) is 6.85. The minimum Gasteiger partial charge on any atom is -0.330 e. The lowest BCUT2D eigenvalue weighted by Gasteiger charge is -2.11. The second kappa shape index (κ2) is 8.67. The SMILES string of the molecule is CN(C)Cc1cccc(NC(=O)CCCCCN)c1. The summed E-state index contributed by atoms with van der Waals surface area (Å²) in [5.74, 6) is 0.0824. The summed E-state index contributed by atoms with van der Waals surface area (Å²) in [5, 5.41) is 2.94. The minimum absolute atomic E-state index is 0.0824. The van der Waals surface area contributed by atoms with E-state index in [2.05, 4.69) is 16.3 Å². The molecule has 0 heterocycles. The van der Waals surface area contributed by atoms with Crippen LogP contribution in [0.4, 0.5) is 5.69 Å². The molecule has 106 valence electrons. The van der Waals surface area contributed by atoms with Crippen LogP contribution in [0.15, 0.2) is 24.3 Å². The maximum absolute atomic E-state index is 11.8. The molecule has 0 radical (unpaired) electrons. The molecule has 4 heteroatoms. The quantitative estimate of drug-likeness (QED) is 0.707. The molecule has 0 atom stereocenters. The van der Waals surface area contributed by atoms with Crippen LogP contribution < -0.4 is 11.1 Å². The smallest absolute Gasteiger partial charge is 0.224 e. The second-order valence-electron chi connectivity index (χ2n) is 5.09. The monoisotopic (exact) mass is 263 g/mol. The van der Waals surface area contributed by atoms with Gasteiger partial charge in [0.1, 0.15) is 0 Å². The maximum atomic E-state index is 11.8. The van der Waals surface area contributed by atoms with Crippen LogP contribution in [0.3, 0.4) is 0 Å². The predicted molar refractivity (Wildman–Crippen MR) is 80.0 cm³/mol. The molecule has 0 aromatic heterocycles. The first kappa shape index (κ1) is 15.7. The van der Waals surface area contributed by atoms with Crippen LogP contribution in [-0.2, 0) is 11.3 Å². The number of carbonyl (C=O) groups excluding carboxylic acids is 1. The topological polar surface area (TPSA) is 58.4 Å². The zero-order valence-electron chi connectivity index (χ0n) is 12.0. The van der Waals surface area contributed by atoms with Gasteiger partial charge in [-0.1, -0.05) is 18.6 Å². The van der Waals surface area contributed by atoms with E-state index in [0.717, 1.165) is 31.5 Å². The molecule has 19 heavy (non-hydrogen) atoms. The molecule has 0 fully saturated rings. The molecule has 1 rings (SSSR count). The normalized spacial score (nSPS) is 10.7. The summed E-state index contributed by atoms with van der Waals surface area (Å²) < 4.78 is 0. The molecule has 0 saturated carbocycles. The Morgan fingerprint density at radius 2 is 2.05 bits per heavy atom. The third kappa shape index (κ3) is 6.94. The molecule has 1 aromatic carbocycles. The number of nitrogens with two attached hydrogens (primary N) is 1. The number of hydrogen-bond donors (Lipinski definition) is 2. The van der Waals surface area contributed by atoms with Crippen molar-refractivity contribution in [3.05, 3.63) is 29.8 Å². The van der Waals surface area contributed by atoms with Crippen molar-refractivity contribution in [2.45, 2.75) is 32.2 Å². The molecule has 1 amide bonds. The highest BCUT2D eigenvalue weighted by Crippen LogP contribution is 2.12. The number of nitrogens with zero attached hydrogens (tertiary/aromatic N) is 1. The van der Waals surface area contributed by atoms with E-state index >= 15 is 0 Å². The van der Waals surface area contributed by atoms with Gasteiger partial charge in [-0.05, 0) is 51.2 Å². The standard InChI is InChI=1S/C15H25N3O/c1-18(2)12-13-7-6-8-14(11-13)17-15(19)9-4-3-5-10-16/h6-8,11H,3-5,9-10,12,16H2,1-2H3,(H,17,19). The largest absolute Gasteiger partial charge is 0.330 e. The first-order chi connectivity index (χ1) is 9.11. The highest BCUT2D eigenvalue weighted by molar-refractivity contribution is 5.90. The zero-order chi connectivity index (χ0) is 14.1. The van der Waals surface area contributed by atoms with Crippen LogP contribution in [-0.4, -0.2) is 31.4 Å². The maximum Gasteiger partial charge on any atom is 0.224 e. The number of nitrogens with one attached hydrogen (secondary N) is 1. The van der Waals surface area contributed by atoms with E-state index < -0.39 is 0 Å². The molecule has 1 aromatic rings. The summed E-state index contributed by atoms with van der Waals surface area (Å²) in [4.78, 5) is 13.9. The van der Waals surface area contributed by atoms with Crippen molar-refractivity contribution < 1.29 is 4.79 Å². The molecular formula is C15H25N3O. The molecule has 0 aliphatic rings. The molecule has 4 nitrogen and oxygen atoms in total. The van der Waals surface area contributed by atoms with Crippen LogP contribution in [0.25, 0.3) is 0 Å². The Balaban J connectivity index is 2.41. The van der Waals surface area contributed by atoms with Gasteiger partial charge < -0.3 is 16.0 Å². The van der Waals surface area contributed by atoms with Crippen molar-refractivity contribution in [1.29, 1.82) is 0 Å². The van der Waals surface area contributed by atoms with Gasteiger partial charge in [0, 0.05) is 18.7 Å².